The third kappa shape index (κ3) is 6.68. The first-order valence-electron chi connectivity index (χ1n) is 16.8. The van der Waals surface area contributed by atoms with Gasteiger partial charge < -0.3 is 14.2 Å². The van der Waals surface area contributed by atoms with Crippen LogP contribution >= 0.6 is 11.6 Å². The van der Waals surface area contributed by atoms with Crippen molar-refractivity contribution in [2.75, 3.05) is 26.2 Å². The lowest BCUT2D eigenvalue weighted by Crippen LogP contribution is -2.49. The van der Waals surface area contributed by atoms with Crippen molar-refractivity contribution in [3.8, 4) is 5.75 Å². The number of para-hydroxylation sites is 2. The Kier molecular flexibility index (Phi) is 9.18. The molecule has 0 saturated carbocycles. The van der Waals surface area contributed by atoms with E-state index in [2.05, 4.69) is 34.6 Å². The average Bonchev–Trinajstić information content (AvgIpc) is 3.53. The van der Waals surface area contributed by atoms with Gasteiger partial charge in [0.2, 0.25) is 10.0 Å². The molecule has 1 aromatic heterocycles. The number of hydrogen-bond acceptors (Lipinski definition) is 6. The van der Waals surface area contributed by atoms with Gasteiger partial charge >= 0.3 is 0 Å². The summed E-state index contributed by atoms with van der Waals surface area (Å²) < 4.78 is 60.2. The Labute approximate surface area is 290 Å². The van der Waals surface area contributed by atoms with E-state index < -0.39 is 27.3 Å². The maximum Gasteiger partial charge on any atom is 0.260 e. The molecule has 0 spiro atoms. The van der Waals surface area contributed by atoms with Crippen molar-refractivity contribution < 1.29 is 26.7 Å². The molecule has 3 aromatic carbocycles. The number of nitrogens with two attached hydrogens (primary N) is 1. The number of nitrogens with zero attached hydrogens (tertiary/aromatic N) is 4. The number of amides is 1. The zero-order valence-electron chi connectivity index (χ0n) is 27.3. The van der Waals surface area contributed by atoms with Gasteiger partial charge in [0.1, 0.15) is 28.1 Å². The van der Waals surface area contributed by atoms with Crippen molar-refractivity contribution in [3.63, 3.8) is 0 Å². The van der Waals surface area contributed by atoms with Gasteiger partial charge in [-0.1, -0.05) is 35.9 Å². The Morgan fingerprint density at radius 2 is 1.73 bits per heavy atom. The van der Waals surface area contributed by atoms with Crippen LogP contribution in [0.5, 0.6) is 5.75 Å². The van der Waals surface area contributed by atoms with Crippen LogP contribution in [0.25, 0.3) is 11.0 Å². The lowest BCUT2D eigenvalue weighted by Gasteiger charge is -2.45. The highest BCUT2D eigenvalue weighted by Gasteiger charge is 2.44. The van der Waals surface area contributed by atoms with Crippen LogP contribution < -0.4 is 9.88 Å². The smallest absolute Gasteiger partial charge is 0.260 e. The molecule has 3 aliphatic heterocycles. The molecule has 1 amide bonds. The number of ether oxygens (including phenoxy) is 1. The molecule has 2 atom stereocenters. The van der Waals surface area contributed by atoms with Gasteiger partial charge in [-0.3, -0.25) is 9.69 Å². The summed E-state index contributed by atoms with van der Waals surface area (Å²) in [5, 5.41) is 4.93. The Hall–Kier alpha value is -3.58. The summed E-state index contributed by atoms with van der Waals surface area (Å²) >= 11 is 6.06. The molecule has 3 saturated heterocycles. The zero-order chi connectivity index (χ0) is 34.5. The number of imidazole rings is 1. The lowest BCUT2D eigenvalue weighted by atomic mass is 9.70. The van der Waals surface area contributed by atoms with Gasteiger partial charge in [0.15, 0.2) is 6.61 Å². The zero-order valence-corrected chi connectivity index (χ0v) is 28.9. The minimum absolute atomic E-state index is 0.152. The molecule has 3 fully saturated rings. The van der Waals surface area contributed by atoms with E-state index in [4.69, 9.17) is 26.5 Å². The van der Waals surface area contributed by atoms with E-state index in [1.807, 2.05) is 12.1 Å². The number of primary sulfonamides is 1. The van der Waals surface area contributed by atoms with Crippen LogP contribution in [0, 0.1) is 18.6 Å². The van der Waals surface area contributed by atoms with Crippen molar-refractivity contribution in [2.45, 2.75) is 80.3 Å². The number of sulfonamides is 1. The third-order valence-corrected chi connectivity index (χ3v) is 12.2. The molecule has 260 valence electrons. The number of likely N-dealkylation sites (tertiary alicyclic amines) is 1. The fourth-order valence-electron chi connectivity index (χ4n) is 8.55. The normalized spacial score (nSPS) is 22.5. The second kappa shape index (κ2) is 13.3. The molecule has 4 aromatic rings. The highest BCUT2D eigenvalue weighted by atomic mass is 35.5. The van der Waals surface area contributed by atoms with E-state index in [-0.39, 0.29) is 27.9 Å². The van der Waals surface area contributed by atoms with Crippen molar-refractivity contribution in [1.29, 1.82) is 0 Å². The fraction of sp³-hybridized carbons (Fsp3) is 0.444. The Morgan fingerprint density at radius 1 is 1.02 bits per heavy atom. The van der Waals surface area contributed by atoms with E-state index in [0.29, 0.717) is 44.1 Å². The molecular formula is C36H40ClF2N5O4S. The van der Waals surface area contributed by atoms with Crippen LogP contribution in [0.3, 0.4) is 0 Å². The van der Waals surface area contributed by atoms with Crippen LogP contribution in [0.15, 0.2) is 65.6 Å². The quantitative estimate of drug-likeness (QED) is 0.224. The SMILES string of the molecule is Cc1nc2ccccc2n1C1CC2CCC(C1)N2CCC1(c2cccc(F)c2)CCN(C(=O)COc2cc(S(N)(=O)=O)c(F)cc2Cl)CC1. The molecule has 0 aliphatic carbocycles. The largest absolute Gasteiger partial charge is 0.482 e. The minimum Gasteiger partial charge on any atom is -0.482 e. The second-order valence-corrected chi connectivity index (χ2v) is 15.7. The van der Waals surface area contributed by atoms with Gasteiger partial charge in [0.05, 0.1) is 16.1 Å². The molecule has 0 radical (unpaired) electrons. The molecule has 2 bridgehead atoms. The summed E-state index contributed by atoms with van der Waals surface area (Å²) in [6.07, 6.45) is 6.63. The third-order valence-electron chi connectivity index (χ3n) is 11.0. The topological polar surface area (TPSA) is 111 Å². The van der Waals surface area contributed by atoms with E-state index >= 15 is 0 Å². The maximum absolute atomic E-state index is 14.6. The highest BCUT2D eigenvalue weighted by molar-refractivity contribution is 7.89. The number of halogens is 3. The van der Waals surface area contributed by atoms with E-state index in [0.717, 1.165) is 54.8 Å². The first-order chi connectivity index (χ1) is 23.4. The molecule has 7 rings (SSSR count). The van der Waals surface area contributed by atoms with E-state index in [9.17, 15) is 22.0 Å². The van der Waals surface area contributed by atoms with Gasteiger partial charge in [-0.15, -0.1) is 0 Å². The average molecular weight is 712 g/mol. The molecule has 49 heavy (non-hydrogen) atoms. The van der Waals surface area contributed by atoms with Crippen LogP contribution in [0.4, 0.5) is 8.78 Å². The number of aromatic nitrogens is 2. The highest BCUT2D eigenvalue weighted by Crippen LogP contribution is 2.45. The molecule has 3 aliphatic rings. The summed E-state index contributed by atoms with van der Waals surface area (Å²) in [5.74, 6) is -0.781. The number of rotatable bonds is 9. The van der Waals surface area contributed by atoms with Gasteiger partial charge in [0, 0.05) is 37.3 Å². The van der Waals surface area contributed by atoms with Gasteiger partial charge in [-0.05, 0) is 99.7 Å². The Morgan fingerprint density at radius 3 is 2.43 bits per heavy atom. The van der Waals surface area contributed by atoms with Crippen molar-refractivity contribution in [2.24, 2.45) is 5.14 Å². The Balaban J connectivity index is 1.02. The molecule has 2 N–H and O–H groups in total. The predicted molar refractivity (Wildman–Crippen MR) is 183 cm³/mol. The van der Waals surface area contributed by atoms with E-state index in [1.54, 1.807) is 17.0 Å². The Bertz CT molecular complexity index is 1980. The molecule has 9 nitrogen and oxygen atoms in total. The number of fused-ring (bicyclic) bond motifs is 3. The predicted octanol–water partition coefficient (Wildman–Crippen LogP) is 6.12. The minimum atomic E-state index is -4.36. The summed E-state index contributed by atoms with van der Waals surface area (Å²) in [7, 11) is -4.36. The summed E-state index contributed by atoms with van der Waals surface area (Å²) in [6.45, 7) is 3.48. The van der Waals surface area contributed by atoms with Crippen LogP contribution in [0.2, 0.25) is 5.02 Å². The van der Waals surface area contributed by atoms with Gasteiger partial charge in [0.25, 0.3) is 5.91 Å². The van der Waals surface area contributed by atoms with Crippen LogP contribution in [-0.4, -0.2) is 72.0 Å². The summed E-state index contributed by atoms with van der Waals surface area (Å²) in [6, 6.07) is 18.2. The van der Waals surface area contributed by atoms with Crippen molar-refractivity contribution in [1.82, 2.24) is 19.4 Å². The van der Waals surface area contributed by atoms with Crippen LogP contribution in [0.1, 0.15) is 62.4 Å². The maximum atomic E-state index is 14.6. The number of hydrogen-bond donors (Lipinski definition) is 1. The van der Waals surface area contributed by atoms with Crippen LogP contribution in [-0.2, 0) is 20.2 Å². The molecule has 4 heterocycles. The number of benzene rings is 3. The summed E-state index contributed by atoms with van der Waals surface area (Å²) in [4.78, 5) is 21.7. The molecular weight excluding hydrogens is 672 g/mol. The van der Waals surface area contributed by atoms with Gasteiger partial charge in [-0.25, -0.2) is 27.3 Å². The molecule has 13 heteroatoms. The van der Waals surface area contributed by atoms with Gasteiger partial charge in [-0.2, -0.15) is 0 Å². The first kappa shape index (κ1) is 33.9. The monoisotopic (exact) mass is 711 g/mol. The fourth-order valence-corrected chi connectivity index (χ4v) is 9.35. The van der Waals surface area contributed by atoms with Crippen molar-refractivity contribution in [3.05, 3.63) is 88.7 Å². The molecule has 2 unspecified atom stereocenters. The summed E-state index contributed by atoms with van der Waals surface area (Å²) in [5.41, 5.74) is 2.88. The number of carbonyl (C=O) groups excluding carboxylic acids is 1. The second-order valence-electron chi connectivity index (χ2n) is 13.7. The van der Waals surface area contributed by atoms with E-state index in [1.165, 1.54) is 24.4 Å². The number of aryl methyl sites for hydroxylation is 1. The van der Waals surface area contributed by atoms with Crippen molar-refractivity contribution >= 4 is 38.6 Å². The number of carbonyl (C=O) groups is 1. The first-order valence-corrected chi connectivity index (χ1v) is 18.7. The lowest BCUT2D eigenvalue weighted by molar-refractivity contribution is -0.135. The standard InChI is InChI=1S/C36H40ClF2N5O4S/c1-23-41-31-7-2-3-8-32(31)44(23)28-18-26-9-10-27(19-28)43(26)16-13-36(24-5-4-6-25(38)17-24)11-14-42(15-12-36)35(45)22-48-33-21-34(49(40,46)47)30(39)20-29(33)37/h2-8,17,20-21,26-28H,9-16,18-19,22H2,1H3,(H2,40,46,47). The number of piperidine rings is 2.